The topological polar surface area (TPSA) is 29.5 Å². The van der Waals surface area contributed by atoms with E-state index in [0.29, 0.717) is 6.61 Å². The van der Waals surface area contributed by atoms with Gasteiger partial charge >= 0.3 is 0 Å². The molecule has 0 aromatic rings. The Balaban J connectivity index is 3.84. The van der Waals surface area contributed by atoms with Gasteiger partial charge in [0.1, 0.15) is 6.10 Å². The Morgan fingerprint density at radius 1 is 1.29 bits per heavy atom. The van der Waals surface area contributed by atoms with Crippen molar-refractivity contribution in [3.8, 4) is 0 Å². The number of ether oxygens (including phenoxy) is 1. The highest BCUT2D eigenvalue weighted by Gasteiger charge is 2.17. The highest BCUT2D eigenvalue weighted by molar-refractivity contribution is 5.80. The van der Waals surface area contributed by atoms with Gasteiger partial charge in [0.2, 0.25) is 0 Å². The summed E-state index contributed by atoms with van der Waals surface area (Å²) in [5, 5.41) is 0. The maximum absolute atomic E-state index is 11.7. The number of hydrogen-bond donors (Lipinski definition) is 0. The second-order valence-corrected chi connectivity index (χ2v) is 3.38. The van der Waals surface area contributed by atoms with E-state index < -0.39 is 0 Å². The summed E-state index contributed by atoms with van der Waals surface area (Å²) in [6, 6.07) is 0. The lowest BCUT2D eigenvalue weighted by Gasteiger charge is -2.22. The van der Waals surface area contributed by atoms with E-state index in [4.69, 9.17) is 4.74 Å². The predicted octanol–water partition coefficient (Wildman–Crippen LogP) is 2.06. The molecule has 0 radical (unpaired) electrons. The maximum Gasteiger partial charge on any atom is 0.251 e. The third-order valence-electron chi connectivity index (χ3n) is 2.29. The van der Waals surface area contributed by atoms with E-state index in [9.17, 15) is 4.79 Å². The maximum atomic E-state index is 11.7. The van der Waals surface area contributed by atoms with Gasteiger partial charge in [-0.05, 0) is 27.2 Å². The monoisotopic (exact) mass is 201 g/mol. The van der Waals surface area contributed by atoms with E-state index in [0.717, 1.165) is 25.9 Å². The van der Waals surface area contributed by atoms with Crippen LogP contribution in [-0.2, 0) is 9.53 Å². The molecule has 1 amide bonds. The second-order valence-electron chi connectivity index (χ2n) is 3.38. The van der Waals surface area contributed by atoms with Crippen molar-refractivity contribution < 1.29 is 9.53 Å². The summed E-state index contributed by atoms with van der Waals surface area (Å²) in [6.07, 6.45) is 1.84. The smallest absolute Gasteiger partial charge is 0.251 e. The summed E-state index contributed by atoms with van der Waals surface area (Å²) in [5.41, 5.74) is 0. The third-order valence-corrected chi connectivity index (χ3v) is 2.29. The zero-order chi connectivity index (χ0) is 11.0. The van der Waals surface area contributed by atoms with Gasteiger partial charge in [-0.3, -0.25) is 4.79 Å². The molecule has 0 aromatic heterocycles. The molecule has 0 rings (SSSR count). The minimum atomic E-state index is -0.290. The van der Waals surface area contributed by atoms with Crippen LogP contribution in [0.1, 0.15) is 40.5 Å². The van der Waals surface area contributed by atoms with Crippen LogP contribution in [0.4, 0.5) is 0 Å². The van der Waals surface area contributed by atoms with Gasteiger partial charge in [-0.15, -0.1) is 0 Å². The largest absolute Gasteiger partial charge is 0.369 e. The van der Waals surface area contributed by atoms with E-state index in [2.05, 4.69) is 6.92 Å². The molecule has 84 valence electrons. The molecular weight excluding hydrogens is 178 g/mol. The summed E-state index contributed by atoms with van der Waals surface area (Å²) in [4.78, 5) is 13.5. The molecule has 0 bridgehead atoms. The SMILES string of the molecule is CCCCOC(C)C(=O)N(CC)CC. The molecule has 1 unspecified atom stereocenters. The fourth-order valence-electron chi connectivity index (χ4n) is 1.27. The van der Waals surface area contributed by atoms with Gasteiger partial charge in [0.05, 0.1) is 0 Å². The Kier molecular flexibility index (Phi) is 7.48. The number of unbranched alkanes of at least 4 members (excludes halogenated alkanes) is 1. The van der Waals surface area contributed by atoms with E-state index in [1.54, 1.807) is 4.90 Å². The Hall–Kier alpha value is -0.570. The molecule has 14 heavy (non-hydrogen) atoms. The van der Waals surface area contributed by atoms with Gasteiger partial charge in [0.15, 0.2) is 0 Å². The molecule has 0 saturated heterocycles. The summed E-state index contributed by atoms with van der Waals surface area (Å²) >= 11 is 0. The normalized spacial score (nSPS) is 12.6. The number of hydrogen-bond acceptors (Lipinski definition) is 2. The Bertz CT molecular complexity index is 155. The third kappa shape index (κ3) is 4.61. The van der Waals surface area contributed by atoms with Crippen LogP contribution >= 0.6 is 0 Å². The number of carbonyl (C=O) groups excluding carboxylic acids is 1. The quantitative estimate of drug-likeness (QED) is 0.590. The lowest BCUT2D eigenvalue weighted by Crippen LogP contribution is -2.38. The van der Waals surface area contributed by atoms with Crippen LogP contribution in [-0.4, -0.2) is 36.6 Å². The fraction of sp³-hybridized carbons (Fsp3) is 0.909. The molecule has 0 heterocycles. The lowest BCUT2D eigenvalue weighted by atomic mass is 10.3. The first-order valence-electron chi connectivity index (χ1n) is 5.57. The van der Waals surface area contributed by atoms with Gasteiger partial charge in [-0.25, -0.2) is 0 Å². The van der Waals surface area contributed by atoms with E-state index >= 15 is 0 Å². The van der Waals surface area contributed by atoms with Crippen LogP contribution in [0, 0.1) is 0 Å². The predicted molar refractivity (Wildman–Crippen MR) is 58.3 cm³/mol. The van der Waals surface area contributed by atoms with Crippen molar-refractivity contribution in [2.75, 3.05) is 19.7 Å². The second kappa shape index (κ2) is 7.80. The van der Waals surface area contributed by atoms with Gasteiger partial charge in [-0.2, -0.15) is 0 Å². The molecule has 3 nitrogen and oxygen atoms in total. The average molecular weight is 201 g/mol. The molecule has 0 aliphatic rings. The Morgan fingerprint density at radius 3 is 2.29 bits per heavy atom. The summed E-state index contributed by atoms with van der Waals surface area (Å²) in [6.45, 7) is 10.1. The molecule has 0 aromatic carbocycles. The number of nitrogens with zero attached hydrogens (tertiary/aromatic N) is 1. The van der Waals surface area contributed by atoms with Gasteiger partial charge in [-0.1, -0.05) is 13.3 Å². The van der Waals surface area contributed by atoms with Crippen molar-refractivity contribution in [3.63, 3.8) is 0 Å². The molecule has 0 spiro atoms. The molecular formula is C11H23NO2. The molecule has 0 fully saturated rings. The number of likely N-dealkylation sites (N-methyl/N-ethyl adjacent to an activating group) is 1. The lowest BCUT2D eigenvalue weighted by molar-refractivity contribution is -0.142. The van der Waals surface area contributed by atoms with Crippen molar-refractivity contribution in [1.29, 1.82) is 0 Å². The molecule has 3 heteroatoms. The zero-order valence-electron chi connectivity index (χ0n) is 9.88. The van der Waals surface area contributed by atoms with Crippen LogP contribution in [0.2, 0.25) is 0 Å². The van der Waals surface area contributed by atoms with Gasteiger partial charge in [0, 0.05) is 19.7 Å². The molecule has 0 N–H and O–H groups in total. The van der Waals surface area contributed by atoms with Crippen molar-refractivity contribution in [2.45, 2.75) is 46.6 Å². The van der Waals surface area contributed by atoms with Crippen molar-refractivity contribution in [1.82, 2.24) is 4.90 Å². The summed E-state index contributed by atoms with van der Waals surface area (Å²) in [7, 11) is 0. The Labute approximate surface area is 87.4 Å². The van der Waals surface area contributed by atoms with Crippen LogP contribution in [0.3, 0.4) is 0 Å². The Morgan fingerprint density at radius 2 is 1.86 bits per heavy atom. The van der Waals surface area contributed by atoms with Crippen molar-refractivity contribution in [3.05, 3.63) is 0 Å². The summed E-state index contributed by atoms with van der Waals surface area (Å²) < 4.78 is 5.44. The molecule has 0 aliphatic carbocycles. The number of amides is 1. The first kappa shape index (κ1) is 13.4. The number of carbonyl (C=O) groups is 1. The van der Waals surface area contributed by atoms with E-state index in [-0.39, 0.29) is 12.0 Å². The van der Waals surface area contributed by atoms with Crippen molar-refractivity contribution in [2.24, 2.45) is 0 Å². The average Bonchev–Trinajstić information content (AvgIpc) is 2.19. The standard InChI is InChI=1S/C11H23NO2/c1-5-8-9-14-10(4)11(13)12(6-2)7-3/h10H,5-9H2,1-4H3. The molecule has 0 saturated carbocycles. The van der Waals surface area contributed by atoms with Crippen molar-refractivity contribution >= 4 is 5.91 Å². The van der Waals surface area contributed by atoms with E-state index in [1.807, 2.05) is 20.8 Å². The zero-order valence-corrected chi connectivity index (χ0v) is 9.88. The highest BCUT2D eigenvalue weighted by Crippen LogP contribution is 2.00. The minimum Gasteiger partial charge on any atom is -0.369 e. The minimum absolute atomic E-state index is 0.103. The van der Waals surface area contributed by atoms with Crippen LogP contribution in [0.25, 0.3) is 0 Å². The fourth-order valence-corrected chi connectivity index (χ4v) is 1.27. The first-order chi connectivity index (χ1) is 6.67. The van der Waals surface area contributed by atoms with Gasteiger partial charge < -0.3 is 9.64 Å². The van der Waals surface area contributed by atoms with Gasteiger partial charge in [0.25, 0.3) is 5.91 Å². The van der Waals surface area contributed by atoms with Crippen LogP contribution < -0.4 is 0 Å². The van der Waals surface area contributed by atoms with E-state index in [1.165, 1.54) is 0 Å². The molecule has 1 atom stereocenters. The number of rotatable bonds is 7. The van der Waals surface area contributed by atoms with Crippen LogP contribution in [0.5, 0.6) is 0 Å². The highest BCUT2D eigenvalue weighted by atomic mass is 16.5. The molecule has 0 aliphatic heterocycles. The summed E-state index contributed by atoms with van der Waals surface area (Å²) in [5.74, 6) is 0.103. The van der Waals surface area contributed by atoms with Crippen LogP contribution in [0.15, 0.2) is 0 Å². The first-order valence-corrected chi connectivity index (χ1v) is 5.57.